The molecule has 2 aromatic carbocycles. The van der Waals surface area contributed by atoms with E-state index in [0.717, 1.165) is 6.42 Å². The molecule has 23 heavy (non-hydrogen) atoms. The minimum Gasteiger partial charge on any atom is -0.484 e. The Morgan fingerprint density at radius 1 is 1.04 bits per heavy atom. The lowest BCUT2D eigenvalue weighted by Crippen LogP contribution is -2.21. The monoisotopic (exact) mass is 313 g/mol. The van der Waals surface area contributed by atoms with Gasteiger partial charge in [-0.3, -0.25) is 4.79 Å². The molecule has 0 radical (unpaired) electrons. The number of nitrogens with one attached hydrogen (secondary N) is 2. The van der Waals surface area contributed by atoms with Crippen molar-refractivity contribution in [2.24, 2.45) is 5.73 Å². The van der Waals surface area contributed by atoms with Crippen molar-refractivity contribution in [3.63, 3.8) is 0 Å². The zero-order valence-electron chi connectivity index (χ0n) is 12.8. The highest BCUT2D eigenvalue weighted by molar-refractivity contribution is 5.93. The lowest BCUT2D eigenvalue weighted by molar-refractivity contribution is -0.118. The average Bonchev–Trinajstić information content (AvgIpc) is 2.53. The fourth-order valence-corrected chi connectivity index (χ4v) is 1.98. The van der Waals surface area contributed by atoms with Crippen molar-refractivity contribution in [2.45, 2.75) is 13.3 Å². The number of aryl methyl sites for hydroxylation is 1. The van der Waals surface area contributed by atoms with Gasteiger partial charge in [-0.15, -0.1) is 0 Å². The van der Waals surface area contributed by atoms with Gasteiger partial charge in [0.25, 0.3) is 5.91 Å². The highest BCUT2D eigenvalue weighted by atomic mass is 16.5. The van der Waals surface area contributed by atoms with Gasteiger partial charge in [0, 0.05) is 11.4 Å². The van der Waals surface area contributed by atoms with Crippen molar-refractivity contribution in [2.75, 3.05) is 17.2 Å². The Morgan fingerprint density at radius 3 is 2.30 bits per heavy atom. The van der Waals surface area contributed by atoms with Gasteiger partial charge >= 0.3 is 6.03 Å². The molecule has 0 aliphatic heterocycles. The third-order valence-electron chi connectivity index (χ3n) is 3.12. The Kier molecular flexibility index (Phi) is 5.57. The molecule has 0 aliphatic carbocycles. The van der Waals surface area contributed by atoms with Crippen molar-refractivity contribution in [1.29, 1.82) is 0 Å². The number of amides is 3. The summed E-state index contributed by atoms with van der Waals surface area (Å²) in [5.74, 6) is 0.349. The van der Waals surface area contributed by atoms with E-state index in [1.54, 1.807) is 24.3 Å². The maximum Gasteiger partial charge on any atom is 0.316 e. The molecule has 3 amide bonds. The van der Waals surface area contributed by atoms with E-state index in [0.29, 0.717) is 17.1 Å². The second-order valence-electron chi connectivity index (χ2n) is 4.90. The molecule has 2 aromatic rings. The molecule has 120 valence electrons. The molecule has 0 spiro atoms. The topological polar surface area (TPSA) is 93.4 Å². The summed E-state index contributed by atoms with van der Waals surface area (Å²) in [5.41, 5.74) is 7.31. The van der Waals surface area contributed by atoms with Crippen LogP contribution in [0.4, 0.5) is 16.2 Å². The number of primary amides is 1. The highest BCUT2D eigenvalue weighted by Gasteiger charge is 2.05. The van der Waals surface area contributed by atoms with Gasteiger partial charge in [-0.05, 0) is 42.3 Å². The van der Waals surface area contributed by atoms with Gasteiger partial charge < -0.3 is 21.1 Å². The molecular formula is C17H19N3O3. The molecule has 0 fully saturated rings. The predicted molar refractivity (Wildman–Crippen MR) is 89.6 cm³/mol. The molecular weight excluding hydrogens is 294 g/mol. The average molecular weight is 313 g/mol. The molecule has 0 saturated heterocycles. The summed E-state index contributed by atoms with van der Waals surface area (Å²) in [6.07, 6.45) is 0.955. The summed E-state index contributed by atoms with van der Waals surface area (Å²) in [6.45, 7) is 1.98. The van der Waals surface area contributed by atoms with E-state index in [2.05, 4.69) is 17.6 Å². The molecule has 0 heterocycles. The first kappa shape index (κ1) is 16.4. The van der Waals surface area contributed by atoms with Crippen molar-refractivity contribution >= 4 is 23.3 Å². The molecule has 0 bridgehead atoms. The first-order chi connectivity index (χ1) is 11.1. The number of hydrogen-bond donors (Lipinski definition) is 3. The van der Waals surface area contributed by atoms with Gasteiger partial charge in [-0.25, -0.2) is 4.79 Å². The van der Waals surface area contributed by atoms with E-state index in [-0.39, 0.29) is 12.5 Å². The lowest BCUT2D eigenvalue weighted by Gasteiger charge is -2.09. The third kappa shape index (κ3) is 5.35. The zero-order chi connectivity index (χ0) is 16.7. The predicted octanol–water partition coefficient (Wildman–Crippen LogP) is 2.76. The van der Waals surface area contributed by atoms with Crippen LogP contribution in [-0.4, -0.2) is 18.5 Å². The SMILES string of the molecule is CCc1ccc(OCC(=O)Nc2cccc(NC(N)=O)c2)cc1. The van der Waals surface area contributed by atoms with E-state index in [1.807, 2.05) is 24.3 Å². The Balaban J connectivity index is 1.87. The van der Waals surface area contributed by atoms with Crippen LogP contribution < -0.4 is 21.1 Å². The minimum absolute atomic E-state index is 0.0983. The van der Waals surface area contributed by atoms with Gasteiger partial charge in [-0.1, -0.05) is 25.1 Å². The molecule has 0 unspecified atom stereocenters. The molecule has 0 atom stereocenters. The number of nitrogens with two attached hydrogens (primary N) is 1. The first-order valence-electron chi connectivity index (χ1n) is 7.25. The highest BCUT2D eigenvalue weighted by Crippen LogP contribution is 2.15. The van der Waals surface area contributed by atoms with Crippen LogP contribution in [0.2, 0.25) is 0 Å². The Labute approximate surface area is 134 Å². The van der Waals surface area contributed by atoms with E-state index >= 15 is 0 Å². The number of urea groups is 1. The van der Waals surface area contributed by atoms with Crippen LogP contribution in [0.15, 0.2) is 48.5 Å². The van der Waals surface area contributed by atoms with Gasteiger partial charge in [0.1, 0.15) is 5.75 Å². The molecule has 2 rings (SSSR count). The molecule has 0 aromatic heterocycles. The van der Waals surface area contributed by atoms with Crippen molar-refractivity contribution in [3.05, 3.63) is 54.1 Å². The largest absolute Gasteiger partial charge is 0.484 e. The molecule has 4 N–H and O–H groups in total. The van der Waals surface area contributed by atoms with Gasteiger partial charge in [-0.2, -0.15) is 0 Å². The second-order valence-corrected chi connectivity index (χ2v) is 4.90. The van der Waals surface area contributed by atoms with Crippen LogP contribution in [0.25, 0.3) is 0 Å². The van der Waals surface area contributed by atoms with Gasteiger partial charge in [0.2, 0.25) is 0 Å². The van der Waals surface area contributed by atoms with Crippen molar-refractivity contribution < 1.29 is 14.3 Å². The van der Waals surface area contributed by atoms with Crippen molar-refractivity contribution in [3.8, 4) is 5.75 Å². The smallest absolute Gasteiger partial charge is 0.316 e. The first-order valence-corrected chi connectivity index (χ1v) is 7.25. The summed E-state index contributed by atoms with van der Waals surface area (Å²) in [6, 6.07) is 13.6. The van der Waals surface area contributed by atoms with Crippen LogP contribution in [0.3, 0.4) is 0 Å². The quantitative estimate of drug-likeness (QED) is 0.765. The Hall–Kier alpha value is -3.02. The summed E-state index contributed by atoms with van der Waals surface area (Å²) >= 11 is 0. The molecule has 0 aliphatic rings. The maximum atomic E-state index is 11.9. The number of rotatable bonds is 6. The number of carbonyl (C=O) groups excluding carboxylic acids is 2. The molecule has 6 heteroatoms. The summed E-state index contributed by atoms with van der Waals surface area (Å²) in [4.78, 5) is 22.7. The maximum absolute atomic E-state index is 11.9. The zero-order valence-corrected chi connectivity index (χ0v) is 12.8. The lowest BCUT2D eigenvalue weighted by atomic mass is 10.2. The fourth-order valence-electron chi connectivity index (χ4n) is 1.98. The van der Waals surface area contributed by atoms with Crippen LogP contribution in [0.5, 0.6) is 5.75 Å². The Morgan fingerprint density at radius 2 is 1.70 bits per heavy atom. The Bertz CT molecular complexity index is 684. The summed E-state index contributed by atoms with van der Waals surface area (Å²) in [5, 5.41) is 5.14. The van der Waals surface area contributed by atoms with Crippen LogP contribution >= 0.6 is 0 Å². The minimum atomic E-state index is -0.660. The molecule has 6 nitrogen and oxygen atoms in total. The van der Waals surface area contributed by atoms with E-state index < -0.39 is 6.03 Å². The van der Waals surface area contributed by atoms with Crippen LogP contribution in [-0.2, 0) is 11.2 Å². The number of anilines is 2. The molecule has 0 saturated carbocycles. The fraction of sp³-hybridized carbons (Fsp3) is 0.176. The van der Waals surface area contributed by atoms with Gasteiger partial charge in [0.15, 0.2) is 6.61 Å². The summed E-state index contributed by atoms with van der Waals surface area (Å²) < 4.78 is 5.43. The normalized spacial score (nSPS) is 9.96. The van der Waals surface area contributed by atoms with Crippen LogP contribution in [0, 0.1) is 0 Å². The van der Waals surface area contributed by atoms with Crippen LogP contribution in [0.1, 0.15) is 12.5 Å². The van der Waals surface area contributed by atoms with Gasteiger partial charge in [0.05, 0.1) is 0 Å². The summed E-state index contributed by atoms with van der Waals surface area (Å²) in [7, 11) is 0. The number of benzene rings is 2. The number of carbonyl (C=O) groups is 2. The standard InChI is InChI=1S/C17H19N3O3/c1-2-12-6-8-15(9-7-12)23-11-16(21)19-13-4-3-5-14(10-13)20-17(18)22/h3-10H,2,11H2,1H3,(H,19,21)(H3,18,20,22). The number of ether oxygens (including phenoxy) is 1. The third-order valence-corrected chi connectivity index (χ3v) is 3.12. The second kappa shape index (κ2) is 7.84. The van der Waals surface area contributed by atoms with E-state index in [9.17, 15) is 9.59 Å². The number of hydrogen-bond acceptors (Lipinski definition) is 3. The van der Waals surface area contributed by atoms with Crippen molar-refractivity contribution in [1.82, 2.24) is 0 Å². The van der Waals surface area contributed by atoms with E-state index in [1.165, 1.54) is 5.56 Å². The van der Waals surface area contributed by atoms with E-state index in [4.69, 9.17) is 10.5 Å².